The van der Waals surface area contributed by atoms with Crippen molar-refractivity contribution in [3.05, 3.63) is 0 Å². The summed E-state index contributed by atoms with van der Waals surface area (Å²) in [6, 6.07) is 0. The van der Waals surface area contributed by atoms with E-state index in [1.807, 2.05) is 11.8 Å². The average Bonchev–Trinajstić information content (AvgIpc) is 2.90. The Kier molecular flexibility index (Phi) is 3.82. The third kappa shape index (κ3) is 2.42. The molecule has 108 valence electrons. The minimum atomic E-state index is -0.544. The van der Waals surface area contributed by atoms with Crippen LogP contribution in [0, 0.1) is 11.3 Å². The van der Waals surface area contributed by atoms with Gasteiger partial charge in [-0.3, -0.25) is 4.79 Å². The van der Waals surface area contributed by atoms with Crippen LogP contribution < -0.4 is 0 Å². The van der Waals surface area contributed by atoms with Crippen molar-refractivity contribution in [3.63, 3.8) is 0 Å². The van der Waals surface area contributed by atoms with Gasteiger partial charge in [-0.1, -0.05) is 12.8 Å². The minimum Gasteiger partial charge on any atom is -0.481 e. The number of carbonyl (C=O) groups is 1. The number of carboxylic acid groups (broad SMARTS) is 1. The predicted molar refractivity (Wildman–Crippen MR) is 76.5 cm³/mol. The Hall–Kier alpha value is -0.220. The molecule has 1 spiro atoms. The largest absolute Gasteiger partial charge is 0.481 e. The number of aliphatic carboxylic acids is 1. The van der Waals surface area contributed by atoms with Crippen LogP contribution in [0.5, 0.6) is 0 Å². The molecule has 1 N–H and O–H groups in total. The Bertz CT molecular complexity index is 338. The van der Waals surface area contributed by atoms with E-state index in [4.69, 9.17) is 4.74 Å². The molecule has 0 aromatic rings. The number of ether oxygens (including phenoxy) is 1. The lowest BCUT2D eigenvalue weighted by Crippen LogP contribution is -2.48. The molecular formula is C15H24O3S. The molecule has 1 unspecified atom stereocenters. The molecule has 0 radical (unpaired) electrons. The van der Waals surface area contributed by atoms with E-state index >= 15 is 0 Å². The van der Waals surface area contributed by atoms with E-state index in [9.17, 15) is 9.90 Å². The summed E-state index contributed by atoms with van der Waals surface area (Å²) in [6.45, 7) is 0.768. The molecular weight excluding hydrogens is 260 g/mol. The molecule has 2 heterocycles. The van der Waals surface area contributed by atoms with E-state index < -0.39 is 11.4 Å². The first-order valence-electron chi connectivity index (χ1n) is 7.62. The summed E-state index contributed by atoms with van der Waals surface area (Å²) in [5, 5.41) is 9.76. The normalized spacial score (nSPS) is 33.4. The average molecular weight is 284 g/mol. The molecule has 3 nitrogen and oxygen atoms in total. The topological polar surface area (TPSA) is 46.5 Å². The maximum Gasteiger partial charge on any atom is 0.309 e. The highest BCUT2D eigenvalue weighted by atomic mass is 32.2. The summed E-state index contributed by atoms with van der Waals surface area (Å²) in [5.74, 6) is 2.14. The van der Waals surface area contributed by atoms with Crippen LogP contribution in [0.1, 0.15) is 51.4 Å². The quantitative estimate of drug-likeness (QED) is 0.845. The highest BCUT2D eigenvalue weighted by Crippen LogP contribution is 2.52. The second-order valence-corrected chi connectivity index (χ2v) is 7.73. The maximum absolute atomic E-state index is 11.8. The maximum atomic E-state index is 11.8. The summed E-state index contributed by atoms with van der Waals surface area (Å²) < 4.78 is 6.11. The molecule has 3 rings (SSSR count). The second-order valence-electron chi connectivity index (χ2n) is 6.50. The zero-order valence-electron chi connectivity index (χ0n) is 11.5. The summed E-state index contributed by atoms with van der Waals surface area (Å²) in [5.41, 5.74) is -0.416. The molecule has 3 aliphatic rings. The molecule has 2 saturated heterocycles. The molecule has 0 aromatic carbocycles. The SMILES string of the molecule is O=C(O)C1(C2CCOC3(CCSCC3)C2)CCCC1. The summed E-state index contributed by atoms with van der Waals surface area (Å²) >= 11 is 2.01. The minimum absolute atomic E-state index is 0.0131. The standard InChI is InChI=1S/C15H24O3S/c16-13(17)15(4-1-2-5-15)12-3-8-18-14(11-12)6-9-19-10-7-14/h12H,1-11H2,(H,16,17). The van der Waals surface area contributed by atoms with Crippen molar-refractivity contribution in [1.29, 1.82) is 0 Å². The van der Waals surface area contributed by atoms with Gasteiger partial charge in [0, 0.05) is 6.61 Å². The van der Waals surface area contributed by atoms with Crippen molar-refractivity contribution in [2.24, 2.45) is 11.3 Å². The lowest BCUT2D eigenvalue weighted by atomic mass is 9.66. The number of thioether (sulfide) groups is 1. The predicted octanol–water partition coefficient (Wildman–Crippen LogP) is 3.32. The monoisotopic (exact) mass is 284 g/mol. The number of rotatable bonds is 2. The molecule has 3 fully saturated rings. The molecule has 2 aliphatic heterocycles. The van der Waals surface area contributed by atoms with Crippen LogP contribution in [0.3, 0.4) is 0 Å². The Morgan fingerprint density at radius 3 is 2.47 bits per heavy atom. The fourth-order valence-electron chi connectivity index (χ4n) is 4.39. The molecule has 4 heteroatoms. The molecule has 1 atom stereocenters. The number of hydrogen-bond acceptors (Lipinski definition) is 3. The summed E-state index contributed by atoms with van der Waals surface area (Å²) in [7, 11) is 0. The molecule has 1 saturated carbocycles. The van der Waals surface area contributed by atoms with Crippen LogP contribution in [-0.4, -0.2) is 34.8 Å². The zero-order valence-corrected chi connectivity index (χ0v) is 12.3. The first kappa shape index (κ1) is 13.7. The van der Waals surface area contributed by atoms with Gasteiger partial charge >= 0.3 is 5.97 Å². The molecule has 19 heavy (non-hydrogen) atoms. The molecule has 0 amide bonds. The van der Waals surface area contributed by atoms with Crippen molar-refractivity contribution < 1.29 is 14.6 Å². The van der Waals surface area contributed by atoms with Gasteiger partial charge in [0.15, 0.2) is 0 Å². The lowest BCUT2D eigenvalue weighted by molar-refractivity contribution is -0.164. The second kappa shape index (κ2) is 5.28. The van der Waals surface area contributed by atoms with Crippen LogP contribution in [-0.2, 0) is 9.53 Å². The third-order valence-electron chi connectivity index (χ3n) is 5.60. The van der Waals surface area contributed by atoms with Crippen LogP contribution in [0.25, 0.3) is 0 Å². The van der Waals surface area contributed by atoms with E-state index in [0.29, 0.717) is 5.92 Å². The molecule has 0 bridgehead atoms. The van der Waals surface area contributed by atoms with E-state index in [0.717, 1.165) is 58.0 Å². The highest BCUT2D eigenvalue weighted by Gasteiger charge is 2.52. The van der Waals surface area contributed by atoms with Crippen LogP contribution in [0.4, 0.5) is 0 Å². The lowest BCUT2D eigenvalue weighted by Gasteiger charge is -2.47. The van der Waals surface area contributed by atoms with Crippen molar-refractivity contribution in [2.75, 3.05) is 18.1 Å². The first-order valence-corrected chi connectivity index (χ1v) is 8.78. The summed E-state index contributed by atoms with van der Waals surface area (Å²) in [6.07, 6.45) is 8.11. The van der Waals surface area contributed by atoms with Crippen molar-refractivity contribution in [2.45, 2.75) is 57.0 Å². The van der Waals surface area contributed by atoms with Crippen LogP contribution in [0.15, 0.2) is 0 Å². The van der Waals surface area contributed by atoms with Crippen molar-refractivity contribution in [3.8, 4) is 0 Å². The van der Waals surface area contributed by atoms with Crippen LogP contribution >= 0.6 is 11.8 Å². The first-order chi connectivity index (χ1) is 9.17. The fourth-order valence-corrected chi connectivity index (χ4v) is 5.63. The highest BCUT2D eigenvalue weighted by molar-refractivity contribution is 7.99. The van der Waals surface area contributed by atoms with Gasteiger partial charge in [0.1, 0.15) is 0 Å². The Balaban J connectivity index is 1.78. The third-order valence-corrected chi connectivity index (χ3v) is 6.59. The van der Waals surface area contributed by atoms with Gasteiger partial charge in [-0.05, 0) is 55.9 Å². The fraction of sp³-hybridized carbons (Fsp3) is 0.933. The van der Waals surface area contributed by atoms with Gasteiger partial charge in [-0.2, -0.15) is 11.8 Å². The van der Waals surface area contributed by atoms with Gasteiger partial charge in [0.25, 0.3) is 0 Å². The number of hydrogen-bond donors (Lipinski definition) is 1. The Labute approximate surface area is 119 Å². The smallest absolute Gasteiger partial charge is 0.309 e. The van der Waals surface area contributed by atoms with Crippen molar-refractivity contribution >= 4 is 17.7 Å². The molecule has 1 aliphatic carbocycles. The number of carboxylic acids is 1. The van der Waals surface area contributed by atoms with E-state index in [2.05, 4.69) is 0 Å². The van der Waals surface area contributed by atoms with Gasteiger partial charge in [-0.15, -0.1) is 0 Å². The van der Waals surface area contributed by atoms with Crippen LogP contribution in [0.2, 0.25) is 0 Å². The van der Waals surface area contributed by atoms with Gasteiger partial charge in [0.05, 0.1) is 11.0 Å². The van der Waals surface area contributed by atoms with E-state index in [1.165, 1.54) is 11.5 Å². The molecule has 0 aromatic heterocycles. The van der Waals surface area contributed by atoms with Crippen molar-refractivity contribution in [1.82, 2.24) is 0 Å². The van der Waals surface area contributed by atoms with Gasteiger partial charge < -0.3 is 9.84 Å². The Morgan fingerprint density at radius 1 is 1.16 bits per heavy atom. The zero-order chi connectivity index (χ0) is 13.3. The summed E-state index contributed by atoms with van der Waals surface area (Å²) in [4.78, 5) is 11.8. The van der Waals surface area contributed by atoms with E-state index in [1.54, 1.807) is 0 Å². The van der Waals surface area contributed by atoms with Gasteiger partial charge in [-0.25, -0.2) is 0 Å². The Morgan fingerprint density at radius 2 is 1.84 bits per heavy atom. The van der Waals surface area contributed by atoms with Gasteiger partial charge in [0.2, 0.25) is 0 Å². The van der Waals surface area contributed by atoms with E-state index in [-0.39, 0.29) is 5.60 Å².